The Hall–Kier alpha value is -2.50. The summed E-state index contributed by atoms with van der Waals surface area (Å²) in [6.45, 7) is 0.701. The number of anilines is 1. The van der Waals surface area contributed by atoms with E-state index in [4.69, 9.17) is 11.6 Å². The maximum atomic E-state index is 6.06. The molecule has 6 heteroatoms. The summed E-state index contributed by atoms with van der Waals surface area (Å²) in [4.78, 5) is 15.3. The van der Waals surface area contributed by atoms with Gasteiger partial charge >= 0.3 is 0 Å². The highest BCUT2D eigenvalue weighted by Crippen LogP contribution is 2.22. The second-order valence-electron chi connectivity index (χ2n) is 5.95. The molecule has 25 heavy (non-hydrogen) atoms. The maximum Gasteiger partial charge on any atom is 0.145 e. The van der Waals surface area contributed by atoms with E-state index in [1.165, 1.54) is 0 Å². The van der Waals surface area contributed by atoms with Gasteiger partial charge in [-0.15, -0.1) is 0 Å². The van der Waals surface area contributed by atoms with Gasteiger partial charge in [-0.2, -0.15) is 0 Å². The van der Waals surface area contributed by atoms with E-state index in [-0.39, 0.29) is 6.04 Å². The van der Waals surface area contributed by atoms with Gasteiger partial charge in [-0.05, 0) is 37.9 Å². The van der Waals surface area contributed by atoms with E-state index < -0.39 is 0 Å². The van der Waals surface area contributed by atoms with E-state index in [2.05, 4.69) is 31.2 Å². The highest BCUT2D eigenvalue weighted by molar-refractivity contribution is 6.30. The number of pyridine rings is 1. The van der Waals surface area contributed by atoms with Crippen molar-refractivity contribution < 1.29 is 0 Å². The van der Waals surface area contributed by atoms with E-state index in [0.717, 1.165) is 22.6 Å². The number of nitrogens with one attached hydrogen (secondary N) is 1. The first-order chi connectivity index (χ1) is 12.1. The zero-order valence-corrected chi connectivity index (χ0v) is 15.0. The Bertz CT molecular complexity index is 823. The molecule has 2 heterocycles. The molecule has 0 saturated carbocycles. The Kier molecular flexibility index (Phi) is 5.58. The number of rotatable bonds is 6. The number of halogens is 1. The summed E-state index contributed by atoms with van der Waals surface area (Å²) < 4.78 is 0. The van der Waals surface area contributed by atoms with Gasteiger partial charge in [0, 0.05) is 29.5 Å². The third kappa shape index (κ3) is 4.53. The molecule has 0 bridgehead atoms. The van der Waals surface area contributed by atoms with Gasteiger partial charge < -0.3 is 10.2 Å². The largest absolute Gasteiger partial charge is 0.367 e. The Labute approximate surface area is 152 Å². The third-order valence-corrected chi connectivity index (χ3v) is 4.16. The van der Waals surface area contributed by atoms with Crippen molar-refractivity contribution in [2.45, 2.75) is 6.04 Å². The van der Waals surface area contributed by atoms with Crippen molar-refractivity contribution in [3.8, 4) is 11.3 Å². The minimum absolute atomic E-state index is 0.185. The van der Waals surface area contributed by atoms with Crippen LogP contribution in [-0.2, 0) is 0 Å². The van der Waals surface area contributed by atoms with Crippen molar-refractivity contribution in [1.82, 2.24) is 19.9 Å². The molecule has 1 unspecified atom stereocenters. The Morgan fingerprint density at radius 1 is 1.08 bits per heavy atom. The van der Waals surface area contributed by atoms with Crippen LogP contribution in [0.3, 0.4) is 0 Å². The molecule has 0 fully saturated rings. The molecule has 1 atom stereocenters. The number of hydrogen-bond donors (Lipinski definition) is 1. The summed E-state index contributed by atoms with van der Waals surface area (Å²) in [7, 11) is 4.10. The fourth-order valence-corrected chi connectivity index (χ4v) is 2.80. The molecular weight excluding hydrogens is 334 g/mol. The van der Waals surface area contributed by atoms with E-state index in [1.54, 1.807) is 18.6 Å². The predicted molar refractivity (Wildman–Crippen MR) is 102 cm³/mol. The highest BCUT2D eigenvalue weighted by Gasteiger charge is 2.14. The molecule has 2 aromatic heterocycles. The molecule has 1 N–H and O–H groups in total. The maximum absolute atomic E-state index is 6.06. The van der Waals surface area contributed by atoms with Crippen LogP contribution in [0.2, 0.25) is 5.02 Å². The summed E-state index contributed by atoms with van der Waals surface area (Å²) in [6.07, 6.45) is 7.13. The molecule has 3 rings (SSSR count). The van der Waals surface area contributed by atoms with Crippen molar-refractivity contribution in [2.75, 3.05) is 26.0 Å². The van der Waals surface area contributed by atoms with Crippen LogP contribution in [0.5, 0.6) is 0 Å². The van der Waals surface area contributed by atoms with Crippen molar-refractivity contribution in [2.24, 2.45) is 0 Å². The van der Waals surface area contributed by atoms with Gasteiger partial charge in [0.05, 0.1) is 24.1 Å². The second-order valence-corrected chi connectivity index (χ2v) is 6.38. The standard InChI is InChI=1S/C19H20ClN5/c1-25(2)18(15-6-4-8-21-10-15)12-23-19-13-22-11-17(24-19)14-5-3-7-16(20)9-14/h3-11,13,18H,12H2,1-2H3,(H,23,24). The number of nitrogens with zero attached hydrogens (tertiary/aromatic N) is 4. The first-order valence-corrected chi connectivity index (χ1v) is 8.39. The molecule has 128 valence electrons. The quantitative estimate of drug-likeness (QED) is 0.728. The molecule has 0 aliphatic rings. The van der Waals surface area contributed by atoms with Crippen molar-refractivity contribution in [3.05, 3.63) is 71.8 Å². The molecule has 1 aromatic carbocycles. The van der Waals surface area contributed by atoms with Crippen molar-refractivity contribution in [1.29, 1.82) is 0 Å². The van der Waals surface area contributed by atoms with Crippen LogP contribution in [0.4, 0.5) is 5.82 Å². The smallest absolute Gasteiger partial charge is 0.145 e. The van der Waals surface area contributed by atoms with E-state index in [9.17, 15) is 0 Å². The van der Waals surface area contributed by atoms with Crippen LogP contribution in [-0.4, -0.2) is 40.5 Å². The van der Waals surface area contributed by atoms with Gasteiger partial charge in [0.15, 0.2) is 0 Å². The average Bonchev–Trinajstić information content (AvgIpc) is 2.63. The normalized spacial score (nSPS) is 12.2. The van der Waals surface area contributed by atoms with Gasteiger partial charge in [0.2, 0.25) is 0 Å². The topological polar surface area (TPSA) is 53.9 Å². The Balaban J connectivity index is 1.76. The van der Waals surface area contributed by atoms with Crippen LogP contribution >= 0.6 is 11.6 Å². The lowest BCUT2D eigenvalue weighted by atomic mass is 10.1. The molecule has 0 amide bonds. The molecular formula is C19H20ClN5. The number of likely N-dealkylation sites (N-methyl/N-ethyl adjacent to an activating group) is 1. The molecule has 3 aromatic rings. The van der Waals surface area contributed by atoms with Crippen LogP contribution < -0.4 is 5.32 Å². The monoisotopic (exact) mass is 353 g/mol. The van der Waals surface area contributed by atoms with E-state index in [0.29, 0.717) is 11.6 Å². The van der Waals surface area contributed by atoms with Crippen LogP contribution in [0.25, 0.3) is 11.3 Å². The molecule has 0 aliphatic carbocycles. The van der Waals surface area contributed by atoms with E-state index >= 15 is 0 Å². The summed E-state index contributed by atoms with van der Waals surface area (Å²) in [6, 6.07) is 11.8. The summed E-state index contributed by atoms with van der Waals surface area (Å²) in [5.41, 5.74) is 2.88. The zero-order valence-electron chi connectivity index (χ0n) is 14.2. The SMILES string of the molecule is CN(C)C(CNc1cncc(-c2cccc(Cl)c2)n1)c1cccnc1. The molecule has 0 radical (unpaired) electrons. The van der Waals surface area contributed by atoms with Gasteiger partial charge in [0.25, 0.3) is 0 Å². The first kappa shape index (κ1) is 17.3. The van der Waals surface area contributed by atoms with Crippen LogP contribution in [0, 0.1) is 0 Å². The number of hydrogen-bond acceptors (Lipinski definition) is 5. The molecule has 0 saturated heterocycles. The zero-order chi connectivity index (χ0) is 17.6. The lowest BCUT2D eigenvalue weighted by Crippen LogP contribution is -2.27. The fourth-order valence-electron chi connectivity index (χ4n) is 2.61. The van der Waals surface area contributed by atoms with Crippen LogP contribution in [0.1, 0.15) is 11.6 Å². The van der Waals surface area contributed by atoms with Crippen molar-refractivity contribution >= 4 is 17.4 Å². The van der Waals surface area contributed by atoms with Gasteiger partial charge in [-0.1, -0.05) is 29.8 Å². The Morgan fingerprint density at radius 3 is 2.68 bits per heavy atom. The first-order valence-electron chi connectivity index (χ1n) is 8.01. The number of aromatic nitrogens is 3. The predicted octanol–water partition coefficient (Wildman–Crippen LogP) is 3.91. The highest BCUT2D eigenvalue weighted by atomic mass is 35.5. The number of benzene rings is 1. The van der Waals surface area contributed by atoms with E-state index in [1.807, 2.05) is 50.6 Å². The minimum atomic E-state index is 0.185. The lowest BCUT2D eigenvalue weighted by Gasteiger charge is -2.25. The summed E-state index contributed by atoms with van der Waals surface area (Å²) in [5.74, 6) is 0.730. The second kappa shape index (κ2) is 8.05. The molecule has 5 nitrogen and oxygen atoms in total. The summed E-state index contributed by atoms with van der Waals surface area (Å²) >= 11 is 6.06. The minimum Gasteiger partial charge on any atom is -0.367 e. The summed E-state index contributed by atoms with van der Waals surface area (Å²) in [5, 5.41) is 4.06. The lowest BCUT2D eigenvalue weighted by molar-refractivity contribution is 0.311. The third-order valence-electron chi connectivity index (χ3n) is 3.92. The van der Waals surface area contributed by atoms with Crippen molar-refractivity contribution in [3.63, 3.8) is 0 Å². The molecule has 0 aliphatic heterocycles. The van der Waals surface area contributed by atoms with Gasteiger partial charge in [0.1, 0.15) is 5.82 Å². The Morgan fingerprint density at radius 2 is 1.96 bits per heavy atom. The average molecular weight is 354 g/mol. The van der Waals surface area contributed by atoms with Crippen LogP contribution in [0.15, 0.2) is 61.2 Å². The van der Waals surface area contributed by atoms with Gasteiger partial charge in [-0.25, -0.2) is 4.98 Å². The molecule has 0 spiro atoms. The fraction of sp³-hybridized carbons (Fsp3) is 0.211. The van der Waals surface area contributed by atoms with Gasteiger partial charge in [-0.3, -0.25) is 9.97 Å².